The molecule has 0 saturated heterocycles. The monoisotopic (exact) mass is 515 g/mol. The molecule has 5 nitrogen and oxygen atoms in total. The number of hydrogen-bond donors (Lipinski definition) is 3. The normalized spacial score (nSPS) is 11.3. The van der Waals surface area contributed by atoms with E-state index in [0.29, 0.717) is 0 Å². The molecule has 0 aliphatic heterocycles. The largest absolute Gasteiger partial charge is 0.356 e. The number of aromatic nitrogens is 2. The van der Waals surface area contributed by atoms with Crippen LogP contribution in [0.15, 0.2) is 58.4 Å². The second-order valence-electron chi connectivity index (χ2n) is 5.68. The number of aromatic amines is 1. The van der Waals surface area contributed by atoms with Crippen LogP contribution in [0.1, 0.15) is 5.82 Å². The summed E-state index contributed by atoms with van der Waals surface area (Å²) in [4.78, 5) is 13.4. The molecule has 0 unspecified atom stereocenters. The highest BCUT2D eigenvalue weighted by atomic mass is 127. The van der Waals surface area contributed by atoms with E-state index >= 15 is 0 Å². The zero-order chi connectivity index (χ0) is 18.2. The molecule has 1 aromatic heterocycles. The molecule has 0 saturated carbocycles. The lowest BCUT2D eigenvalue weighted by Crippen LogP contribution is -2.39. The molecule has 2 aromatic carbocycles. The number of guanidine groups is 1. The third-order valence-corrected chi connectivity index (χ3v) is 5.06. The average molecular weight is 516 g/mol. The highest BCUT2D eigenvalue weighted by molar-refractivity contribution is 14.0. The summed E-state index contributed by atoms with van der Waals surface area (Å²) in [6.07, 6.45) is 0.814. The van der Waals surface area contributed by atoms with Crippen molar-refractivity contribution in [2.75, 3.05) is 25.9 Å². The molecular formula is C19H23ClIN5S. The van der Waals surface area contributed by atoms with Gasteiger partial charge in [0.15, 0.2) is 5.96 Å². The van der Waals surface area contributed by atoms with Gasteiger partial charge < -0.3 is 15.6 Å². The fourth-order valence-electron chi connectivity index (χ4n) is 2.51. The van der Waals surface area contributed by atoms with E-state index < -0.39 is 0 Å². The van der Waals surface area contributed by atoms with E-state index in [0.717, 1.165) is 53.1 Å². The van der Waals surface area contributed by atoms with Crippen LogP contribution >= 0.6 is 47.3 Å². The van der Waals surface area contributed by atoms with Gasteiger partial charge in [0.1, 0.15) is 5.82 Å². The maximum Gasteiger partial charge on any atom is 0.191 e. The number of nitrogens with one attached hydrogen (secondary N) is 3. The van der Waals surface area contributed by atoms with Gasteiger partial charge in [-0.1, -0.05) is 23.7 Å². The van der Waals surface area contributed by atoms with E-state index in [1.165, 1.54) is 4.90 Å². The summed E-state index contributed by atoms with van der Waals surface area (Å²) in [6.45, 7) is 1.60. The zero-order valence-electron chi connectivity index (χ0n) is 15.0. The van der Waals surface area contributed by atoms with Crippen molar-refractivity contribution < 1.29 is 0 Å². The van der Waals surface area contributed by atoms with Crippen LogP contribution < -0.4 is 10.6 Å². The van der Waals surface area contributed by atoms with Crippen LogP contribution in [0.2, 0.25) is 5.02 Å². The summed E-state index contributed by atoms with van der Waals surface area (Å²) in [7, 11) is 1.78. The molecule has 0 radical (unpaired) electrons. The van der Waals surface area contributed by atoms with Crippen molar-refractivity contribution >= 4 is 64.3 Å². The number of aliphatic imine (C=N–C) groups is 1. The first-order valence-electron chi connectivity index (χ1n) is 8.51. The number of nitrogens with zero attached hydrogens (tertiary/aromatic N) is 2. The molecule has 0 bridgehead atoms. The number of hydrogen-bond acceptors (Lipinski definition) is 3. The lowest BCUT2D eigenvalue weighted by atomic mass is 10.3. The van der Waals surface area contributed by atoms with E-state index in [4.69, 9.17) is 11.6 Å². The Morgan fingerprint density at radius 3 is 2.59 bits per heavy atom. The highest BCUT2D eigenvalue weighted by Gasteiger charge is 2.03. The summed E-state index contributed by atoms with van der Waals surface area (Å²) >= 11 is 7.68. The molecule has 1 heterocycles. The van der Waals surface area contributed by atoms with Gasteiger partial charge in [-0.15, -0.1) is 35.7 Å². The van der Waals surface area contributed by atoms with Crippen molar-refractivity contribution in [1.82, 2.24) is 20.6 Å². The Bertz CT molecular complexity index is 833. The number of halogens is 2. The number of H-pyrrole nitrogens is 1. The number of imidazole rings is 1. The summed E-state index contributed by atoms with van der Waals surface area (Å²) < 4.78 is 0. The van der Waals surface area contributed by atoms with Crippen LogP contribution in [-0.4, -0.2) is 41.8 Å². The number of fused-ring (bicyclic) bond motifs is 1. The van der Waals surface area contributed by atoms with E-state index in [-0.39, 0.29) is 24.0 Å². The Kier molecular flexibility index (Phi) is 9.23. The van der Waals surface area contributed by atoms with Crippen molar-refractivity contribution in [2.24, 2.45) is 4.99 Å². The van der Waals surface area contributed by atoms with Crippen molar-refractivity contribution in [3.8, 4) is 0 Å². The van der Waals surface area contributed by atoms with Gasteiger partial charge in [-0.3, -0.25) is 4.99 Å². The molecule has 3 aromatic rings. The molecule has 144 valence electrons. The Balaban J connectivity index is 0.00000261. The van der Waals surface area contributed by atoms with Gasteiger partial charge in [0.2, 0.25) is 0 Å². The third kappa shape index (κ3) is 6.90. The Morgan fingerprint density at radius 2 is 1.85 bits per heavy atom. The van der Waals surface area contributed by atoms with Crippen molar-refractivity contribution in [1.29, 1.82) is 0 Å². The summed E-state index contributed by atoms with van der Waals surface area (Å²) in [6, 6.07) is 16.0. The fraction of sp³-hybridized carbons (Fsp3) is 0.263. The first kappa shape index (κ1) is 21.8. The van der Waals surface area contributed by atoms with Gasteiger partial charge in [0.05, 0.1) is 11.0 Å². The van der Waals surface area contributed by atoms with Crippen molar-refractivity contribution in [3.63, 3.8) is 0 Å². The molecule has 0 aliphatic carbocycles. The van der Waals surface area contributed by atoms with Gasteiger partial charge in [-0.2, -0.15) is 0 Å². The minimum atomic E-state index is 0. The second-order valence-corrected chi connectivity index (χ2v) is 7.28. The second kappa shape index (κ2) is 11.4. The predicted octanol–water partition coefficient (Wildman–Crippen LogP) is 4.33. The fourth-order valence-corrected chi connectivity index (χ4v) is 3.41. The molecule has 0 spiro atoms. The van der Waals surface area contributed by atoms with Crippen LogP contribution in [0.25, 0.3) is 11.0 Å². The molecule has 8 heteroatoms. The highest BCUT2D eigenvalue weighted by Crippen LogP contribution is 2.19. The van der Waals surface area contributed by atoms with E-state index in [1.807, 2.05) is 48.5 Å². The van der Waals surface area contributed by atoms with Gasteiger partial charge in [-0.05, 0) is 36.4 Å². The number of thioether (sulfide) groups is 1. The van der Waals surface area contributed by atoms with Gasteiger partial charge in [0, 0.05) is 42.2 Å². The number of benzene rings is 2. The van der Waals surface area contributed by atoms with Crippen LogP contribution in [-0.2, 0) is 6.42 Å². The van der Waals surface area contributed by atoms with Crippen molar-refractivity contribution in [3.05, 3.63) is 59.4 Å². The maximum absolute atomic E-state index is 5.90. The average Bonchev–Trinajstić information content (AvgIpc) is 3.08. The molecule has 3 rings (SSSR count). The summed E-state index contributed by atoms with van der Waals surface area (Å²) in [5.74, 6) is 2.73. The van der Waals surface area contributed by atoms with Gasteiger partial charge >= 0.3 is 0 Å². The summed E-state index contributed by atoms with van der Waals surface area (Å²) in [5, 5.41) is 7.41. The minimum Gasteiger partial charge on any atom is -0.356 e. The van der Waals surface area contributed by atoms with Crippen molar-refractivity contribution in [2.45, 2.75) is 11.3 Å². The quantitative estimate of drug-likeness (QED) is 0.144. The zero-order valence-corrected chi connectivity index (χ0v) is 18.9. The Labute approximate surface area is 185 Å². The lowest BCUT2D eigenvalue weighted by molar-refractivity contribution is 0.789. The molecule has 0 atom stereocenters. The van der Waals surface area contributed by atoms with Crippen LogP contribution in [0.3, 0.4) is 0 Å². The molecule has 0 amide bonds. The SMILES string of the molecule is CN=C(NCCSc1ccc(Cl)cc1)NCCc1nc2ccccc2[nH]1.I. The van der Waals surface area contributed by atoms with E-state index in [2.05, 4.69) is 25.6 Å². The Hall–Kier alpha value is -1.45. The predicted molar refractivity (Wildman–Crippen MR) is 127 cm³/mol. The van der Waals surface area contributed by atoms with Crippen LogP contribution in [0.4, 0.5) is 0 Å². The number of para-hydroxylation sites is 2. The van der Waals surface area contributed by atoms with Gasteiger partial charge in [-0.25, -0.2) is 4.98 Å². The first-order chi connectivity index (χ1) is 12.7. The first-order valence-corrected chi connectivity index (χ1v) is 9.87. The van der Waals surface area contributed by atoms with E-state index in [1.54, 1.807) is 18.8 Å². The Morgan fingerprint density at radius 1 is 1.11 bits per heavy atom. The summed E-state index contributed by atoms with van der Waals surface area (Å²) in [5.41, 5.74) is 2.08. The molecule has 27 heavy (non-hydrogen) atoms. The maximum atomic E-state index is 5.90. The van der Waals surface area contributed by atoms with Crippen LogP contribution in [0, 0.1) is 0 Å². The minimum absolute atomic E-state index is 0. The third-order valence-electron chi connectivity index (χ3n) is 3.79. The van der Waals surface area contributed by atoms with Gasteiger partial charge in [0.25, 0.3) is 0 Å². The topological polar surface area (TPSA) is 65.1 Å². The smallest absolute Gasteiger partial charge is 0.191 e. The molecular weight excluding hydrogens is 493 g/mol. The molecule has 0 fully saturated rings. The molecule has 3 N–H and O–H groups in total. The molecule has 0 aliphatic rings. The number of rotatable bonds is 7. The lowest BCUT2D eigenvalue weighted by Gasteiger charge is -2.11. The van der Waals surface area contributed by atoms with E-state index in [9.17, 15) is 0 Å². The van der Waals surface area contributed by atoms with Crippen LogP contribution in [0.5, 0.6) is 0 Å². The standard InChI is InChI=1S/C19H22ClN5S.HI/c1-21-19(23-12-13-26-15-8-6-14(20)7-9-15)22-11-10-18-24-16-4-2-3-5-17(16)25-18;/h2-9H,10-13H2,1H3,(H,24,25)(H2,21,22,23);1H.